The first-order valence-electron chi connectivity index (χ1n) is 9.12. The zero-order chi connectivity index (χ0) is 18.2. The molecule has 0 aromatic rings. The minimum absolute atomic E-state index is 0.147. The maximum Gasteiger partial charge on any atom is 0.186 e. The zero-order valence-corrected chi connectivity index (χ0v) is 14.9. The molecule has 1 rings (SSSR count). The molecular formula is C17H34NO6-. The molecular weight excluding hydrogens is 314 g/mol. The lowest BCUT2D eigenvalue weighted by Crippen LogP contribution is -2.76. The number of nitrogens with one attached hydrogen (secondary N) is 1. The van der Waals surface area contributed by atoms with E-state index in [2.05, 4.69) is 6.92 Å². The van der Waals surface area contributed by atoms with Crippen LogP contribution >= 0.6 is 0 Å². The van der Waals surface area contributed by atoms with Crippen LogP contribution in [0, 0.1) is 5.21 Å². The third-order valence-electron chi connectivity index (χ3n) is 5.21. The lowest BCUT2D eigenvalue weighted by atomic mass is 9.76. The van der Waals surface area contributed by atoms with Crippen LogP contribution in [-0.4, -0.2) is 56.7 Å². The van der Waals surface area contributed by atoms with Crippen molar-refractivity contribution in [2.45, 2.75) is 101 Å². The van der Waals surface area contributed by atoms with Crippen LogP contribution in [-0.2, 0) is 4.74 Å². The van der Waals surface area contributed by atoms with Gasteiger partial charge in [0.15, 0.2) is 5.79 Å². The third kappa shape index (κ3) is 4.88. The van der Waals surface area contributed by atoms with Crippen LogP contribution in [0.1, 0.15) is 71.6 Å². The highest BCUT2D eigenvalue weighted by molar-refractivity contribution is 5.10. The van der Waals surface area contributed by atoms with Gasteiger partial charge in [-0.2, -0.15) is 0 Å². The fraction of sp³-hybridized carbons (Fsp3) is 1.00. The minimum atomic E-state index is -1.94. The fourth-order valence-electron chi connectivity index (χ4n) is 3.32. The van der Waals surface area contributed by atoms with Crippen molar-refractivity contribution in [2.75, 3.05) is 6.61 Å². The largest absolute Gasteiger partial charge is 0.787 e. The van der Waals surface area contributed by atoms with Crippen LogP contribution in [0.2, 0.25) is 0 Å². The molecule has 1 aliphatic rings. The van der Waals surface area contributed by atoms with Gasteiger partial charge in [0.2, 0.25) is 0 Å². The van der Waals surface area contributed by atoms with E-state index in [1.165, 1.54) is 32.6 Å². The van der Waals surface area contributed by atoms with E-state index in [-0.39, 0.29) is 6.42 Å². The molecule has 0 aromatic carbocycles. The number of aliphatic hydroxyl groups excluding tert-OH is 3. The van der Waals surface area contributed by atoms with E-state index in [1.54, 1.807) is 5.48 Å². The Labute approximate surface area is 144 Å². The van der Waals surface area contributed by atoms with Gasteiger partial charge in [-0.1, -0.05) is 51.9 Å². The molecule has 1 heterocycles. The lowest BCUT2D eigenvalue weighted by Gasteiger charge is -2.56. The summed E-state index contributed by atoms with van der Waals surface area (Å²) < 4.78 is 5.40. The molecule has 0 amide bonds. The van der Waals surface area contributed by atoms with Crippen molar-refractivity contribution >= 4 is 0 Å². The molecule has 1 saturated heterocycles. The molecule has 144 valence electrons. The van der Waals surface area contributed by atoms with Crippen molar-refractivity contribution in [3.8, 4) is 0 Å². The average molecular weight is 348 g/mol. The summed E-state index contributed by atoms with van der Waals surface area (Å²) in [5.74, 6) is -1.94. The Morgan fingerprint density at radius 3 is 2.08 bits per heavy atom. The molecule has 5 N–H and O–H groups in total. The van der Waals surface area contributed by atoms with Gasteiger partial charge >= 0.3 is 0 Å². The van der Waals surface area contributed by atoms with E-state index < -0.39 is 36.2 Å². The van der Waals surface area contributed by atoms with Crippen LogP contribution in [0.3, 0.4) is 0 Å². The van der Waals surface area contributed by atoms with Gasteiger partial charge in [-0.25, -0.2) is 0 Å². The summed E-state index contributed by atoms with van der Waals surface area (Å²) in [6.45, 7) is 2.95. The molecule has 0 aliphatic carbocycles. The summed E-state index contributed by atoms with van der Waals surface area (Å²) in [5, 5.41) is 51.5. The van der Waals surface area contributed by atoms with Crippen LogP contribution in [0.5, 0.6) is 0 Å². The molecule has 0 aromatic heterocycles. The van der Waals surface area contributed by atoms with Crippen molar-refractivity contribution in [3.63, 3.8) is 0 Å². The maximum absolute atomic E-state index is 11.4. The number of ether oxygens (including phenoxy) is 1. The van der Waals surface area contributed by atoms with Gasteiger partial charge < -0.3 is 35.9 Å². The Bertz CT molecular complexity index is 358. The zero-order valence-electron chi connectivity index (χ0n) is 14.9. The molecule has 0 saturated carbocycles. The highest BCUT2D eigenvalue weighted by atomic mass is 16.7. The SMILES string of the molecule is CCCCCCCCCCC1(O)O[C@H](CO)[C@@H](O)[C@H](O)[C@@]1(C)N[O-]. The third-order valence-corrected chi connectivity index (χ3v) is 5.21. The lowest BCUT2D eigenvalue weighted by molar-refractivity contribution is -0.346. The molecule has 1 fully saturated rings. The van der Waals surface area contributed by atoms with E-state index in [0.29, 0.717) is 6.42 Å². The molecule has 0 spiro atoms. The first-order valence-corrected chi connectivity index (χ1v) is 9.12. The van der Waals surface area contributed by atoms with Gasteiger partial charge in [0.05, 0.1) is 12.1 Å². The Kier molecular flexibility index (Phi) is 9.08. The summed E-state index contributed by atoms with van der Waals surface area (Å²) >= 11 is 0. The molecule has 7 heteroatoms. The summed E-state index contributed by atoms with van der Waals surface area (Å²) in [6, 6.07) is 0. The second kappa shape index (κ2) is 10.0. The first kappa shape index (κ1) is 21.8. The van der Waals surface area contributed by atoms with Gasteiger partial charge in [0.25, 0.3) is 0 Å². The second-order valence-corrected chi connectivity index (χ2v) is 7.09. The smallest absolute Gasteiger partial charge is 0.186 e. The molecule has 24 heavy (non-hydrogen) atoms. The highest BCUT2D eigenvalue weighted by Crippen LogP contribution is 2.39. The van der Waals surface area contributed by atoms with Crippen molar-refractivity contribution in [1.29, 1.82) is 0 Å². The Balaban J connectivity index is 2.52. The average Bonchev–Trinajstić information content (AvgIpc) is 2.58. The molecule has 7 nitrogen and oxygen atoms in total. The van der Waals surface area contributed by atoms with Gasteiger partial charge in [-0.3, -0.25) is 0 Å². The summed E-state index contributed by atoms with van der Waals surface area (Å²) in [5.41, 5.74) is -0.0965. The van der Waals surface area contributed by atoms with E-state index in [9.17, 15) is 25.6 Å². The number of aliphatic hydroxyl groups is 4. The summed E-state index contributed by atoms with van der Waals surface area (Å²) in [4.78, 5) is 0. The Morgan fingerprint density at radius 2 is 1.58 bits per heavy atom. The second-order valence-electron chi connectivity index (χ2n) is 7.09. The predicted molar refractivity (Wildman–Crippen MR) is 91.1 cm³/mol. The number of hydrogen-bond donors (Lipinski definition) is 5. The van der Waals surface area contributed by atoms with E-state index in [4.69, 9.17) is 4.74 Å². The molecule has 1 unspecified atom stereocenters. The van der Waals surface area contributed by atoms with Crippen molar-refractivity contribution in [3.05, 3.63) is 5.21 Å². The van der Waals surface area contributed by atoms with Gasteiger partial charge in [0.1, 0.15) is 18.3 Å². The molecule has 0 radical (unpaired) electrons. The normalized spacial score (nSPS) is 36.9. The number of hydrogen-bond acceptors (Lipinski definition) is 7. The first-order chi connectivity index (χ1) is 11.4. The van der Waals surface area contributed by atoms with Crippen LogP contribution in [0.25, 0.3) is 0 Å². The minimum Gasteiger partial charge on any atom is -0.787 e. The van der Waals surface area contributed by atoms with Gasteiger partial charge in [0, 0.05) is 6.42 Å². The molecule has 0 bridgehead atoms. The fourth-order valence-corrected chi connectivity index (χ4v) is 3.32. The van der Waals surface area contributed by atoms with Crippen LogP contribution < -0.4 is 5.48 Å². The predicted octanol–water partition coefficient (Wildman–Crippen LogP) is 1.16. The van der Waals surface area contributed by atoms with Crippen molar-refractivity contribution in [2.24, 2.45) is 0 Å². The Hall–Kier alpha value is -0.280. The monoisotopic (exact) mass is 348 g/mol. The Morgan fingerprint density at radius 1 is 1.04 bits per heavy atom. The van der Waals surface area contributed by atoms with E-state index in [0.717, 1.165) is 19.3 Å². The number of rotatable bonds is 11. The standard InChI is InChI=1S/C17H34NO6/c1-3-4-5-6-7-8-9-10-11-17(22)16(2,18-23)15(21)14(20)13(12-19)24-17/h13-15,18-22H,3-12H2,1-2H3/q-1/t13-,14-,15+,16-,17?/m1/s1. The summed E-state index contributed by atoms with van der Waals surface area (Å²) in [6.07, 6.45) is 4.63. The van der Waals surface area contributed by atoms with Crippen LogP contribution in [0.4, 0.5) is 0 Å². The van der Waals surface area contributed by atoms with E-state index in [1.807, 2.05) is 0 Å². The van der Waals surface area contributed by atoms with Gasteiger partial charge in [-0.05, 0) is 13.3 Å². The quantitative estimate of drug-likeness (QED) is 0.280. The number of hydroxylamine groups is 1. The van der Waals surface area contributed by atoms with Gasteiger partial charge in [-0.15, -0.1) is 0 Å². The topological polar surface area (TPSA) is 125 Å². The molecule has 5 atom stereocenters. The van der Waals surface area contributed by atoms with Crippen LogP contribution in [0.15, 0.2) is 0 Å². The summed E-state index contributed by atoms with van der Waals surface area (Å²) in [7, 11) is 0. The highest BCUT2D eigenvalue weighted by Gasteiger charge is 2.59. The van der Waals surface area contributed by atoms with Crippen molar-refractivity contribution in [1.82, 2.24) is 5.48 Å². The number of unbranched alkanes of at least 4 members (excludes halogenated alkanes) is 7. The molecule has 1 aliphatic heterocycles. The maximum atomic E-state index is 11.4. The van der Waals surface area contributed by atoms with Crippen molar-refractivity contribution < 1.29 is 25.2 Å². The van der Waals surface area contributed by atoms with E-state index >= 15 is 0 Å².